The monoisotopic (exact) mass is 407 g/mol. The summed E-state index contributed by atoms with van der Waals surface area (Å²) in [6, 6.07) is 18.7. The van der Waals surface area contributed by atoms with Crippen LogP contribution < -0.4 is 4.74 Å². The van der Waals surface area contributed by atoms with E-state index in [-0.39, 0.29) is 12.5 Å². The van der Waals surface area contributed by atoms with Crippen molar-refractivity contribution in [3.05, 3.63) is 87.6 Å². The number of benzene rings is 2. The lowest BCUT2D eigenvalue weighted by atomic mass is 10.1. The smallest absolute Gasteiger partial charge is 0.342 e. The third-order valence-corrected chi connectivity index (χ3v) is 5.85. The highest BCUT2D eigenvalue weighted by molar-refractivity contribution is 7.10. The molecule has 2 heterocycles. The van der Waals surface area contributed by atoms with Crippen LogP contribution in [0.25, 0.3) is 0 Å². The van der Waals surface area contributed by atoms with Gasteiger partial charge in [0.15, 0.2) is 6.61 Å². The van der Waals surface area contributed by atoms with Crippen molar-refractivity contribution in [3.63, 3.8) is 0 Å². The number of fused-ring (bicyclic) bond motifs is 1. The number of para-hydroxylation sites is 1. The van der Waals surface area contributed by atoms with Gasteiger partial charge in [-0.1, -0.05) is 42.5 Å². The second-order valence-corrected chi connectivity index (χ2v) is 7.78. The van der Waals surface area contributed by atoms with E-state index in [1.807, 2.05) is 41.8 Å². The molecule has 148 valence electrons. The summed E-state index contributed by atoms with van der Waals surface area (Å²) in [5.41, 5.74) is 2.50. The van der Waals surface area contributed by atoms with Crippen LogP contribution in [0.3, 0.4) is 0 Å². The summed E-state index contributed by atoms with van der Waals surface area (Å²) in [5, 5.41) is 2.05. The van der Waals surface area contributed by atoms with Crippen LogP contribution in [0.5, 0.6) is 5.75 Å². The fourth-order valence-electron chi connectivity index (χ4n) is 3.25. The van der Waals surface area contributed by atoms with Crippen LogP contribution in [0.2, 0.25) is 0 Å². The summed E-state index contributed by atoms with van der Waals surface area (Å²) >= 11 is 1.72. The number of carbonyl (C=O) groups is 2. The molecule has 0 spiro atoms. The topological polar surface area (TPSA) is 55.8 Å². The molecule has 3 aromatic rings. The third kappa shape index (κ3) is 4.66. The number of thiophene rings is 1. The molecule has 0 saturated heterocycles. The Kier molecular flexibility index (Phi) is 5.91. The van der Waals surface area contributed by atoms with E-state index >= 15 is 0 Å². The number of nitrogens with zero attached hydrogens (tertiary/aromatic N) is 1. The average Bonchev–Trinajstić information content (AvgIpc) is 3.24. The highest BCUT2D eigenvalue weighted by Crippen LogP contribution is 2.24. The quantitative estimate of drug-likeness (QED) is 0.578. The van der Waals surface area contributed by atoms with E-state index in [0.717, 1.165) is 12.0 Å². The van der Waals surface area contributed by atoms with Crippen molar-refractivity contribution in [1.82, 2.24) is 4.90 Å². The minimum atomic E-state index is -0.560. The minimum absolute atomic E-state index is 0.183. The SMILES string of the molecule is O=C(OCC(=O)N1CCc2sccc2C1)c1ccccc1OCc1ccccc1. The molecule has 0 unspecified atom stereocenters. The summed E-state index contributed by atoms with van der Waals surface area (Å²) in [6.45, 7) is 1.30. The van der Waals surface area contributed by atoms with Crippen LogP contribution in [0.15, 0.2) is 66.0 Å². The van der Waals surface area contributed by atoms with E-state index in [0.29, 0.717) is 31.0 Å². The van der Waals surface area contributed by atoms with Crippen molar-refractivity contribution in [3.8, 4) is 5.75 Å². The molecule has 29 heavy (non-hydrogen) atoms. The Bertz CT molecular complexity index is 999. The van der Waals surface area contributed by atoms with Gasteiger partial charge in [0.05, 0.1) is 0 Å². The second kappa shape index (κ2) is 8.92. The van der Waals surface area contributed by atoms with Crippen LogP contribution in [0, 0.1) is 0 Å². The predicted molar refractivity (Wildman–Crippen MR) is 111 cm³/mol. The van der Waals surface area contributed by atoms with Crippen molar-refractivity contribution in [2.75, 3.05) is 13.2 Å². The lowest BCUT2D eigenvalue weighted by molar-refractivity contribution is -0.135. The molecule has 1 aromatic heterocycles. The zero-order valence-electron chi connectivity index (χ0n) is 15.9. The maximum absolute atomic E-state index is 12.5. The molecule has 0 bridgehead atoms. The lowest BCUT2D eigenvalue weighted by Crippen LogP contribution is -2.38. The first kappa shape index (κ1) is 19.2. The van der Waals surface area contributed by atoms with E-state index in [1.165, 1.54) is 10.4 Å². The normalized spacial score (nSPS) is 12.9. The van der Waals surface area contributed by atoms with Gasteiger partial charge in [-0.25, -0.2) is 4.79 Å². The number of rotatable bonds is 6. The molecule has 5 nitrogen and oxygen atoms in total. The Morgan fingerprint density at radius 3 is 2.66 bits per heavy atom. The molecule has 0 saturated carbocycles. The molecule has 0 N–H and O–H groups in total. The Morgan fingerprint density at radius 1 is 1.00 bits per heavy atom. The molecular formula is C23H21NO4S. The van der Waals surface area contributed by atoms with Gasteiger partial charge < -0.3 is 14.4 Å². The largest absolute Gasteiger partial charge is 0.488 e. The lowest BCUT2D eigenvalue weighted by Gasteiger charge is -2.26. The minimum Gasteiger partial charge on any atom is -0.488 e. The number of carbonyl (C=O) groups excluding carboxylic acids is 2. The zero-order chi connectivity index (χ0) is 20.1. The highest BCUT2D eigenvalue weighted by Gasteiger charge is 2.23. The molecule has 4 rings (SSSR count). The fraction of sp³-hybridized carbons (Fsp3) is 0.217. The predicted octanol–water partition coefficient (Wildman–Crippen LogP) is 4.07. The van der Waals surface area contributed by atoms with Gasteiger partial charge in [-0.15, -0.1) is 11.3 Å². The third-order valence-electron chi connectivity index (χ3n) is 4.83. The number of amides is 1. The molecule has 1 aliphatic rings. The van der Waals surface area contributed by atoms with E-state index in [4.69, 9.17) is 9.47 Å². The maximum atomic E-state index is 12.5. The molecule has 0 aliphatic carbocycles. The van der Waals surface area contributed by atoms with Crippen LogP contribution in [0.1, 0.15) is 26.4 Å². The summed E-state index contributed by atoms with van der Waals surface area (Å²) in [5.74, 6) is -0.303. The van der Waals surface area contributed by atoms with Crippen LogP contribution in [-0.4, -0.2) is 29.9 Å². The van der Waals surface area contributed by atoms with E-state index < -0.39 is 5.97 Å². The molecule has 6 heteroatoms. The summed E-state index contributed by atoms with van der Waals surface area (Å²) < 4.78 is 11.1. The molecule has 0 radical (unpaired) electrons. The number of ether oxygens (including phenoxy) is 2. The summed E-state index contributed by atoms with van der Waals surface area (Å²) in [7, 11) is 0. The average molecular weight is 407 g/mol. The van der Waals surface area contributed by atoms with Gasteiger partial charge in [-0.3, -0.25) is 4.79 Å². The van der Waals surface area contributed by atoms with Gasteiger partial charge in [0, 0.05) is 18.0 Å². The van der Waals surface area contributed by atoms with Gasteiger partial charge >= 0.3 is 5.97 Å². The van der Waals surface area contributed by atoms with Crippen LogP contribution >= 0.6 is 11.3 Å². The standard InChI is InChI=1S/C23H21NO4S/c25-22(24-12-10-21-18(14-24)11-13-29-21)16-28-23(26)19-8-4-5-9-20(19)27-15-17-6-2-1-3-7-17/h1-9,11,13H,10,12,14-16H2. The molecule has 2 aromatic carbocycles. The molecular weight excluding hydrogens is 386 g/mol. The van der Waals surface area contributed by atoms with E-state index in [1.54, 1.807) is 40.5 Å². The first-order chi connectivity index (χ1) is 14.2. The summed E-state index contributed by atoms with van der Waals surface area (Å²) in [6.07, 6.45) is 0.850. The van der Waals surface area contributed by atoms with Gasteiger partial charge in [0.25, 0.3) is 5.91 Å². The number of esters is 1. The van der Waals surface area contributed by atoms with Crippen molar-refractivity contribution < 1.29 is 19.1 Å². The van der Waals surface area contributed by atoms with Crippen LogP contribution in [-0.2, 0) is 29.1 Å². The molecule has 1 amide bonds. The molecule has 0 fully saturated rings. The van der Waals surface area contributed by atoms with Crippen molar-refractivity contribution in [1.29, 1.82) is 0 Å². The second-order valence-electron chi connectivity index (χ2n) is 6.78. The van der Waals surface area contributed by atoms with Crippen molar-refractivity contribution >= 4 is 23.2 Å². The first-order valence-corrected chi connectivity index (χ1v) is 10.3. The highest BCUT2D eigenvalue weighted by atomic mass is 32.1. The summed E-state index contributed by atoms with van der Waals surface area (Å²) in [4.78, 5) is 28.1. The van der Waals surface area contributed by atoms with Gasteiger partial charge in [-0.05, 0) is 41.1 Å². The number of hydrogen-bond acceptors (Lipinski definition) is 5. The van der Waals surface area contributed by atoms with E-state index in [9.17, 15) is 9.59 Å². The van der Waals surface area contributed by atoms with Crippen molar-refractivity contribution in [2.24, 2.45) is 0 Å². The Morgan fingerprint density at radius 2 is 1.79 bits per heavy atom. The van der Waals surface area contributed by atoms with Gasteiger partial charge in [0.2, 0.25) is 0 Å². The molecule has 0 atom stereocenters. The Balaban J connectivity index is 1.34. The van der Waals surface area contributed by atoms with Gasteiger partial charge in [-0.2, -0.15) is 0 Å². The Labute approximate surface area is 173 Å². The zero-order valence-corrected chi connectivity index (χ0v) is 16.7. The fourth-order valence-corrected chi connectivity index (χ4v) is 4.14. The van der Waals surface area contributed by atoms with Gasteiger partial charge in [0.1, 0.15) is 17.9 Å². The first-order valence-electron chi connectivity index (χ1n) is 9.46. The Hall–Kier alpha value is -3.12. The maximum Gasteiger partial charge on any atom is 0.342 e. The number of hydrogen-bond donors (Lipinski definition) is 0. The molecule has 1 aliphatic heterocycles. The van der Waals surface area contributed by atoms with E-state index in [2.05, 4.69) is 0 Å². The van der Waals surface area contributed by atoms with Crippen LogP contribution in [0.4, 0.5) is 0 Å². The van der Waals surface area contributed by atoms with Crippen molar-refractivity contribution in [2.45, 2.75) is 19.6 Å².